The maximum Gasteiger partial charge on any atom is 0.550 e. The lowest BCUT2D eigenvalue weighted by molar-refractivity contribution is 0.0697. The summed E-state index contributed by atoms with van der Waals surface area (Å²) in [7, 11) is -1.64. The third kappa shape index (κ3) is 7.67. The number of benzene rings is 4. The Morgan fingerprint density at radius 3 is 2.27 bits per heavy atom. The van der Waals surface area contributed by atoms with Gasteiger partial charge in [-0.15, -0.1) is 0 Å². The van der Waals surface area contributed by atoms with Gasteiger partial charge in [-0.2, -0.15) is 0 Å². The second-order valence-corrected chi connectivity index (χ2v) is 13.3. The molecule has 8 heteroatoms. The molecule has 5 rings (SSSR count). The van der Waals surface area contributed by atoms with Gasteiger partial charge in [-0.1, -0.05) is 48.2 Å². The SMILES string of the molecule is CC#CO[Si](CCC[N+](CC)=c1ccc2c(-c3ccccc3C(=O)O)c3ccc(N(CC)c4c(C)cccc4C)cc3oc-2c1)OC#CC. The number of hydrogen-bond donors (Lipinski definition) is 1. The summed E-state index contributed by atoms with van der Waals surface area (Å²) < 4.78 is 20.2. The smallest absolute Gasteiger partial charge is 0.478 e. The molecule has 0 saturated heterocycles. The number of hydrogen-bond acceptors (Lipinski definition) is 5. The van der Waals surface area contributed by atoms with E-state index in [0.29, 0.717) is 16.9 Å². The van der Waals surface area contributed by atoms with Crippen LogP contribution in [0.4, 0.5) is 11.4 Å². The fraction of sp³-hybridized carbons (Fsp3) is 0.268. The van der Waals surface area contributed by atoms with Gasteiger partial charge in [0.25, 0.3) is 0 Å². The molecule has 3 aromatic carbocycles. The highest BCUT2D eigenvalue weighted by Crippen LogP contribution is 2.43. The van der Waals surface area contributed by atoms with Gasteiger partial charge in [0.1, 0.15) is 24.4 Å². The van der Waals surface area contributed by atoms with E-state index in [1.165, 1.54) is 16.8 Å². The van der Waals surface area contributed by atoms with Crippen molar-refractivity contribution in [2.75, 3.05) is 24.5 Å². The minimum absolute atomic E-state index is 0.243. The molecule has 0 fully saturated rings. The van der Waals surface area contributed by atoms with Crippen molar-refractivity contribution in [3.8, 4) is 46.5 Å². The van der Waals surface area contributed by atoms with Gasteiger partial charge in [0, 0.05) is 72.9 Å². The lowest BCUT2D eigenvalue weighted by atomic mass is 9.90. The molecule has 0 atom stereocenters. The van der Waals surface area contributed by atoms with E-state index in [4.69, 9.17) is 13.3 Å². The maximum absolute atomic E-state index is 12.4. The molecular formula is C41H42N2O5Si+. The third-order valence-corrected chi connectivity index (χ3v) is 9.96. The van der Waals surface area contributed by atoms with Crippen LogP contribution in [0.1, 0.15) is 55.6 Å². The van der Waals surface area contributed by atoms with Crippen LogP contribution in [0, 0.1) is 37.9 Å². The predicted octanol–water partition coefficient (Wildman–Crippen LogP) is 8.34. The zero-order valence-corrected chi connectivity index (χ0v) is 30.0. The van der Waals surface area contributed by atoms with Crippen molar-refractivity contribution in [1.82, 2.24) is 4.58 Å². The molecular weight excluding hydrogens is 629 g/mol. The molecule has 49 heavy (non-hydrogen) atoms. The normalized spacial score (nSPS) is 11.4. The molecule has 2 aliphatic rings. The fourth-order valence-electron chi connectivity index (χ4n) is 6.33. The van der Waals surface area contributed by atoms with E-state index < -0.39 is 15.3 Å². The summed E-state index contributed by atoms with van der Waals surface area (Å²) in [6, 6.07) is 26.6. The number of fused-ring (bicyclic) bond motifs is 2. The van der Waals surface area contributed by atoms with Crippen LogP contribution in [0.15, 0.2) is 83.3 Å². The summed E-state index contributed by atoms with van der Waals surface area (Å²) in [6.07, 6.45) is 6.17. The molecule has 1 radical (unpaired) electrons. The Kier molecular flexibility index (Phi) is 11.5. The highest BCUT2D eigenvalue weighted by Gasteiger charge is 2.24. The second kappa shape index (κ2) is 16.1. The number of nitrogens with zero attached hydrogens (tertiary/aromatic N) is 2. The van der Waals surface area contributed by atoms with Crippen LogP contribution >= 0.6 is 0 Å². The van der Waals surface area contributed by atoms with Gasteiger partial charge >= 0.3 is 15.3 Å². The Bertz CT molecular complexity index is 2100. The van der Waals surface area contributed by atoms with Crippen LogP contribution in [0.3, 0.4) is 0 Å². The number of carbonyl (C=O) groups is 1. The largest absolute Gasteiger partial charge is 0.550 e. The van der Waals surface area contributed by atoms with E-state index >= 15 is 0 Å². The van der Waals surface area contributed by atoms with E-state index in [0.717, 1.165) is 59.7 Å². The minimum Gasteiger partial charge on any atom is -0.478 e. The fourth-order valence-corrected chi connectivity index (χ4v) is 7.46. The van der Waals surface area contributed by atoms with Crippen LogP contribution in [0.2, 0.25) is 6.04 Å². The zero-order valence-electron chi connectivity index (χ0n) is 29.0. The first kappa shape index (κ1) is 34.9. The van der Waals surface area contributed by atoms with E-state index in [1.54, 1.807) is 26.0 Å². The number of carboxylic acids is 1. The minimum atomic E-state index is -1.64. The Morgan fingerprint density at radius 1 is 0.898 bits per heavy atom. The lowest BCUT2D eigenvalue weighted by Gasteiger charge is -2.27. The van der Waals surface area contributed by atoms with E-state index in [2.05, 4.69) is 110 Å². The molecule has 0 bridgehead atoms. The quantitative estimate of drug-likeness (QED) is 0.0623. The standard InChI is InChI=1S/C41H41N2O5Si/c1-7-24-46-49(47-25-8-2)26-14-23-42(9-3)31-19-21-35-37(27-31)48-38-28-32(43(10-4)40-29(5)15-13-16-30(40)6)20-22-36(38)39(35)33-17-11-12-18-34(33)41(44)45/h11-13,15-22,27-28H,9-10,14,23,26H2,1-6H3/p+1. The van der Waals surface area contributed by atoms with Crippen molar-refractivity contribution in [2.45, 2.75) is 54.0 Å². The average Bonchev–Trinajstić information content (AvgIpc) is 3.11. The number of aryl methyl sites for hydroxylation is 2. The lowest BCUT2D eigenvalue weighted by Crippen LogP contribution is -2.31. The van der Waals surface area contributed by atoms with Crippen molar-refractivity contribution < 1.29 is 23.2 Å². The van der Waals surface area contributed by atoms with Gasteiger partial charge in [-0.25, -0.2) is 9.37 Å². The first-order valence-corrected chi connectivity index (χ1v) is 18.1. The van der Waals surface area contributed by atoms with Crippen LogP contribution in [-0.4, -0.2) is 40.0 Å². The Morgan fingerprint density at radius 2 is 1.61 bits per heavy atom. The summed E-state index contributed by atoms with van der Waals surface area (Å²) in [5.74, 6) is 5.23. The molecule has 1 aliphatic carbocycles. The Hall–Kier alpha value is -5.44. The van der Waals surface area contributed by atoms with Crippen molar-refractivity contribution in [3.05, 3.63) is 101 Å². The van der Waals surface area contributed by atoms with Gasteiger partial charge in [0.2, 0.25) is 5.36 Å². The number of aromatic carboxylic acids is 1. The van der Waals surface area contributed by atoms with Gasteiger partial charge in [0.15, 0.2) is 0 Å². The Labute approximate surface area is 290 Å². The van der Waals surface area contributed by atoms with Gasteiger partial charge in [-0.05, 0) is 68.7 Å². The molecule has 1 heterocycles. The molecule has 249 valence electrons. The number of anilines is 2. The third-order valence-electron chi connectivity index (χ3n) is 8.54. The topological polar surface area (TPSA) is 75.2 Å². The van der Waals surface area contributed by atoms with E-state index in [-0.39, 0.29) is 5.56 Å². The van der Waals surface area contributed by atoms with Gasteiger partial charge < -0.3 is 23.3 Å². The van der Waals surface area contributed by atoms with Crippen molar-refractivity contribution >= 4 is 37.6 Å². The van der Waals surface area contributed by atoms with Crippen molar-refractivity contribution in [2.24, 2.45) is 0 Å². The van der Waals surface area contributed by atoms with Crippen LogP contribution in [0.25, 0.3) is 33.4 Å². The number of rotatable bonds is 12. The molecule has 0 spiro atoms. The van der Waals surface area contributed by atoms with Crippen LogP contribution in [0.5, 0.6) is 0 Å². The van der Waals surface area contributed by atoms with Gasteiger partial charge in [-0.3, -0.25) is 0 Å². The number of para-hydroxylation sites is 1. The van der Waals surface area contributed by atoms with Crippen molar-refractivity contribution in [3.63, 3.8) is 0 Å². The molecule has 1 aliphatic heterocycles. The summed E-state index contributed by atoms with van der Waals surface area (Å²) >= 11 is 0. The molecule has 1 N–H and O–H groups in total. The average molecular weight is 671 g/mol. The summed E-state index contributed by atoms with van der Waals surface area (Å²) in [4.78, 5) is 14.7. The Balaban J connectivity index is 1.67. The van der Waals surface area contributed by atoms with Crippen LogP contribution < -0.4 is 14.8 Å². The molecule has 0 amide bonds. The predicted molar refractivity (Wildman–Crippen MR) is 199 cm³/mol. The molecule has 0 aromatic heterocycles. The molecule has 7 nitrogen and oxygen atoms in total. The molecule has 3 aromatic rings. The maximum atomic E-state index is 12.4. The van der Waals surface area contributed by atoms with Crippen LogP contribution in [-0.2, 0) is 8.85 Å². The molecule has 0 unspecified atom stereocenters. The molecule has 0 saturated carbocycles. The summed E-state index contributed by atoms with van der Waals surface area (Å²) in [5, 5.41) is 12.1. The first-order chi connectivity index (χ1) is 23.8. The highest BCUT2D eigenvalue weighted by molar-refractivity contribution is 6.45. The highest BCUT2D eigenvalue weighted by atomic mass is 28.3. The van der Waals surface area contributed by atoms with E-state index in [1.807, 2.05) is 18.2 Å². The summed E-state index contributed by atoms with van der Waals surface area (Å²) in [6.45, 7) is 14.3. The van der Waals surface area contributed by atoms with Gasteiger partial charge in [0.05, 0.1) is 23.8 Å². The number of carboxylic acid groups (broad SMARTS) is 1. The zero-order chi connectivity index (χ0) is 34.9. The van der Waals surface area contributed by atoms with E-state index in [9.17, 15) is 9.90 Å². The first-order valence-electron chi connectivity index (χ1n) is 16.6. The monoisotopic (exact) mass is 670 g/mol. The second-order valence-electron chi connectivity index (χ2n) is 11.6. The van der Waals surface area contributed by atoms with Crippen molar-refractivity contribution in [1.29, 1.82) is 0 Å². The summed E-state index contributed by atoms with van der Waals surface area (Å²) in [5.41, 5.74) is 7.82.